The predicted molar refractivity (Wildman–Crippen MR) is 131 cm³/mol. The largest absolute Gasteiger partial charge is 0.352 e. The Morgan fingerprint density at radius 1 is 1.03 bits per heavy atom. The van der Waals surface area contributed by atoms with Crippen LogP contribution < -0.4 is 5.32 Å². The van der Waals surface area contributed by atoms with Crippen molar-refractivity contribution in [3.63, 3.8) is 0 Å². The summed E-state index contributed by atoms with van der Waals surface area (Å²) in [7, 11) is 0. The van der Waals surface area contributed by atoms with Gasteiger partial charge in [-0.05, 0) is 54.2 Å². The first-order chi connectivity index (χ1) is 16.1. The predicted octanol–water partition coefficient (Wildman–Crippen LogP) is 6.10. The maximum atomic E-state index is 13.8. The molecule has 0 fully saturated rings. The number of para-hydroxylation sites is 2. The third-order valence-corrected chi connectivity index (χ3v) is 6.22. The van der Waals surface area contributed by atoms with Crippen molar-refractivity contribution < 1.29 is 9.18 Å². The fraction of sp³-hybridized carbons (Fsp3) is 0.286. The van der Waals surface area contributed by atoms with E-state index in [4.69, 9.17) is 4.98 Å². The Bertz CT molecular complexity index is 1230. The van der Waals surface area contributed by atoms with Gasteiger partial charge in [0.1, 0.15) is 11.6 Å². The van der Waals surface area contributed by atoms with Crippen molar-refractivity contribution in [2.75, 3.05) is 6.54 Å². The summed E-state index contributed by atoms with van der Waals surface area (Å²) >= 11 is 0. The van der Waals surface area contributed by atoms with Crippen LogP contribution in [0.15, 0.2) is 72.8 Å². The van der Waals surface area contributed by atoms with Crippen LogP contribution in [0.25, 0.3) is 11.0 Å². The lowest BCUT2D eigenvalue weighted by Crippen LogP contribution is -2.25. The van der Waals surface area contributed by atoms with E-state index in [0.717, 1.165) is 42.7 Å². The summed E-state index contributed by atoms with van der Waals surface area (Å²) in [5.41, 5.74) is 4.75. The second-order valence-corrected chi connectivity index (χ2v) is 8.49. The number of nitrogens with one attached hydrogen (secondary N) is 1. The van der Waals surface area contributed by atoms with Gasteiger partial charge < -0.3 is 9.88 Å². The van der Waals surface area contributed by atoms with E-state index >= 15 is 0 Å². The first kappa shape index (κ1) is 22.7. The van der Waals surface area contributed by atoms with Crippen LogP contribution in [0.3, 0.4) is 0 Å². The number of hydrogen-bond acceptors (Lipinski definition) is 2. The average molecular weight is 444 g/mol. The highest BCUT2D eigenvalue weighted by Crippen LogP contribution is 2.22. The molecule has 4 rings (SSSR count). The maximum absolute atomic E-state index is 13.8. The highest BCUT2D eigenvalue weighted by Gasteiger charge is 2.13. The molecule has 1 N–H and O–H groups in total. The van der Waals surface area contributed by atoms with Gasteiger partial charge in [-0.15, -0.1) is 0 Å². The molecule has 1 aromatic heterocycles. The topological polar surface area (TPSA) is 46.9 Å². The van der Waals surface area contributed by atoms with Gasteiger partial charge in [0.2, 0.25) is 0 Å². The molecule has 0 saturated heterocycles. The summed E-state index contributed by atoms with van der Waals surface area (Å²) in [4.78, 5) is 17.1. The highest BCUT2D eigenvalue weighted by molar-refractivity contribution is 5.94. The van der Waals surface area contributed by atoms with Crippen LogP contribution >= 0.6 is 0 Å². The van der Waals surface area contributed by atoms with Gasteiger partial charge in [-0.1, -0.05) is 62.4 Å². The zero-order valence-corrected chi connectivity index (χ0v) is 19.2. The Kier molecular flexibility index (Phi) is 7.18. The number of imidazole rings is 1. The number of nitrogens with zero attached hydrogens (tertiary/aromatic N) is 2. The van der Waals surface area contributed by atoms with Gasteiger partial charge in [0.15, 0.2) is 0 Å². The smallest absolute Gasteiger partial charge is 0.254 e. The minimum Gasteiger partial charge on any atom is -0.352 e. The van der Waals surface area contributed by atoms with Crippen LogP contribution in [0.5, 0.6) is 0 Å². The van der Waals surface area contributed by atoms with Crippen LogP contribution in [0.1, 0.15) is 59.9 Å². The number of aryl methyl sites for hydroxylation is 1. The number of benzene rings is 3. The molecule has 1 amide bonds. The molecule has 170 valence electrons. The normalized spacial score (nSPS) is 12.1. The monoisotopic (exact) mass is 443 g/mol. The lowest BCUT2D eigenvalue weighted by Gasteiger charge is -2.12. The minimum atomic E-state index is -0.504. The van der Waals surface area contributed by atoms with Crippen molar-refractivity contribution in [2.45, 2.75) is 45.6 Å². The number of rotatable bonds is 9. The van der Waals surface area contributed by atoms with Gasteiger partial charge in [-0.2, -0.15) is 0 Å². The molecule has 0 aliphatic heterocycles. The molecule has 0 spiro atoms. The molecule has 4 aromatic rings. The third kappa shape index (κ3) is 5.30. The van der Waals surface area contributed by atoms with E-state index in [-0.39, 0.29) is 11.5 Å². The molecule has 33 heavy (non-hydrogen) atoms. The van der Waals surface area contributed by atoms with E-state index in [0.29, 0.717) is 12.5 Å². The highest BCUT2D eigenvalue weighted by atomic mass is 19.1. The Balaban J connectivity index is 1.45. The molecule has 0 radical (unpaired) electrons. The lowest BCUT2D eigenvalue weighted by molar-refractivity contribution is 0.0949. The first-order valence-electron chi connectivity index (χ1n) is 11.6. The lowest BCUT2D eigenvalue weighted by atomic mass is 9.97. The Hall–Kier alpha value is -3.47. The third-order valence-electron chi connectivity index (χ3n) is 6.22. The number of carbonyl (C=O) groups excluding carboxylic acids is 1. The van der Waals surface area contributed by atoms with Gasteiger partial charge in [0.25, 0.3) is 5.91 Å². The summed E-state index contributed by atoms with van der Waals surface area (Å²) in [6.45, 7) is 5.67. The quantitative estimate of drug-likeness (QED) is 0.318. The molecule has 1 atom stereocenters. The van der Waals surface area contributed by atoms with E-state index in [2.05, 4.69) is 54.1 Å². The van der Waals surface area contributed by atoms with Gasteiger partial charge in [-0.25, -0.2) is 9.37 Å². The molecule has 5 heteroatoms. The van der Waals surface area contributed by atoms with Crippen LogP contribution in [0.4, 0.5) is 4.39 Å². The number of hydrogen-bond donors (Lipinski definition) is 1. The molecular formula is C28H30FN3O. The van der Waals surface area contributed by atoms with Crippen LogP contribution in [-0.4, -0.2) is 22.0 Å². The van der Waals surface area contributed by atoms with Crippen molar-refractivity contribution in [3.8, 4) is 0 Å². The zero-order chi connectivity index (χ0) is 23.2. The SMILES string of the molecule is CCC(C)c1ccc(Cn2c(CCCNC(=O)c3ccccc3F)nc3ccccc32)cc1. The van der Waals surface area contributed by atoms with Crippen LogP contribution in [0.2, 0.25) is 0 Å². The number of amides is 1. The molecular weight excluding hydrogens is 413 g/mol. The molecule has 1 unspecified atom stereocenters. The summed E-state index contributed by atoms with van der Waals surface area (Å²) in [5.74, 6) is 0.657. The first-order valence-corrected chi connectivity index (χ1v) is 11.6. The van der Waals surface area contributed by atoms with E-state index in [9.17, 15) is 9.18 Å². The van der Waals surface area contributed by atoms with E-state index < -0.39 is 5.82 Å². The standard InChI is InChI=1S/C28H30FN3O/c1-3-20(2)22-16-14-21(15-17-22)19-32-26-12-7-6-11-25(26)31-27(32)13-8-18-30-28(33)23-9-4-5-10-24(23)29/h4-7,9-12,14-17,20H,3,8,13,18-19H2,1-2H3,(H,30,33). The molecule has 0 bridgehead atoms. The zero-order valence-electron chi connectivity index (χ0n) is 19.2. The second-order valence-electron chi connectivity index (χ2n) is 8.49. The molecule has 0 saturated carbocycles. The van der Waals surface area contributed by atoms with E-state index in [1.165, 1.54) is 23.3 Å². The maximum Gasteiger partial charge on any atom is 0.254 e. The van der Waals surface area contributed by atoms with Gasteiger partial charge in [-0.3, -0.25) is 4.79 Å². The Morgan fingerprint density at radius 3 is 2.52 bits per heavy atom. The second kappa shape index (κ2) is 10.4. The number of fused-ring (bicyclic) bond motifs is 1. The fourth-order valence-electron chi connectivity index (χ4n) is 4.05. The molecule has 4 nitrogen and oxygen atoms in total. The van der Waals surface area contributed by atoms with Crippen LogP contribution in [0, 0.1) is 5.82 Å². The van der Waals surface area contributed by atoms with Crippen molar-refractivity contribution in [2.24, 2.45) is 0 Å². The van der Waals surface area contributed by atoms with Gasteiger partial charge >= 0.3 is 0 Å². The van der Waals surface area contributed by atoms with Crippen molar-refractivity contribution >= 4 is 16.9 Å². The molecule has 1 heterocycles. The van der Waals surface area contributed by atoms with E-state index in [1.54, 1.807) is 12.1 Å². The molecule has 3 aromatic carbocycles. The number of carbonyl (C=O) groups is 1. The Morgan fingerprint density at radius 2 is 1.76 bits per heavy atom. The van der Waals surface area contributed by atoms with Gasteiger partial charge in [0.05, 0.1) is 16.6 Å². The average Bonchev–Trinajstić information content (AvgIpc) is 3.19. The minimum absolute atomic E-state index is 0.0746. The summed E-state index contributed by atoms with van der Waals surface area (Å²) in [6, 6.07) is 23.0. The fourth-order valence-corrected chi connectivity index (χ4v) is 4.05. The van der Waals surface area contributed by atoms with Crippen molar-refractivity contribution in [3.05, 3.63) is 101 Å². The van der Waals surface area contributed by atoms with E-state index in [1.807, 2.05) is 18.2 Å². The summed E-state index contributed by atoms with van der Waals surface area (Å²) in [5, 5.41) is 2.82. The molecule has 0 aliphatic carbocycles. The molecule has 0 aliphatic rings. The number of aromatic nitrogens is 2. The Labute approximate surface area is 194 Å². The van der Waals surface area contributed by atoms with Crippen molar-refractivity contribution in [1.29, 1.82) is 0 Å². The summed E-state index contributed by atoms with van der Waals surface area (Å²) in [6.07, 6.45) is 2.57. The van der Waals surface area contributed by atoms with Gasteiger partial charge in [0, 0.05) is 19.5 Å². The van der Waals surface area contributed by atoms with Crippen LogP contribution in [-0.2, 0) is 13.0 Å². The summed E-state index contributed by atoms with van der Waals surface area (Å²) < 4.78 is 16.1. The van der Waals surface area contributed by atoms with Crippen molar-refractivity contribution in [1.82, 2.24) is 14.9 Å². The number of halogens is 1.